The van der Waals surface area contributed by atoms with Crippen molar-refractivity contribution < 1.29 is 13.9 Å². The van der Waals surface area contributed by atoms with Crippen LogP contribution < -0.4 is 10.1 Å². The maximum atomic E-state index is 12.5. The largest absolute Gasteiger partial charge is 0.425 e. The number of nitrogens with one attached hydrogen (secondary N) is 1. The number of rotatable bonds is 4. The molecule has 2 aromatic rings. The van der Waals surface area contributed by atoms with Gasteiger partial charge < -0.3 is 19.4 Å². The third-order valence-corrected chi connectivity index (χ3v) is 4.91. The number of amides is 1. The number of aromatic nitrogens is 1. The van der Waals surface area contributed by atoms with Crippen LogP contribution in [0.3, 0.4) is 0 Å². The van der Waals surface area contributed by atoms with Crippen molar-refractivity contribution in [3.05, 3.63) is 41.9 Å². The van der Waals surface area contributed by atoms with Crippen LogP contribution in [0.5, 0.6) is 11.7 Å². The van der Waals surface area contributed by atoms with Gasteiger partial charge in [-0.2, -0.15) is 0 Å². The van der Waals surface area contributed by atoms with Crippen molar-refractivity contribution >= 4 is 5.91 Å². The van der Waals surface area contributed by atoms with Crippen LogP contribution in [0.2, 0.25) is 0 Å². The summed E-state index contributed by atoms with van der Waals surface area (Å²) in [6, 6.07) is 7.35. The highest BCUT2D eigenvalue weighted by molar-refractivity contribution is 5.94. The van der Waals surface area contributed by atoms with Crippen molar-refractivity contribution in [2.45, 2.75) is 25.8 Å². The summed E-state index contributed by atoms with van der Waals surface area (Å²) in [6.45, 7) is 5.08. The van der Waals surface area contributed by atoms with Gasteiger partial charge in [0.05, 0.1) is 0 Å². The Bertz CT molecular complexity index is 717. The summed E-state index contributed by atoms with van der Waals surface area (Å²) in [5.41, 5.74) is 0.646. The lowest BCUT2D eigenvalue weighted by molar-refractivity contribution is 0.0620. The van der Waals surface area contributed by atoms with Gasteiger partial charge in [0.15, 0.2) is 5.89 Å². The minimum atomic E-state index is -0.0178. The quantitative estimate of drug-likeness (QED) is 0.935. The molecule has 1 aromatic carbocycles. The van der Waals surface area contributed by atoms with Crippen molar-refractivity contribution in [3.63, 3.8) is 0 Å². The fourth-order valence-electron chi connectivity index (χ4n) is 3.56. The molecule has 1 atom stereocenters. The molecule has 0 aliphatic carbocycles. The molecule has 0 unspecified atom stereocenters. The molecular weight excluding hydrogens is 306 g/mol. The highest BCUT2D eigenvalue weighted by Crippen LogP contribution is 2.28. The van der Waals surface area contributed by atoms with Gasteiger partial charge in [0.25, 0.3) is 5.91 Å². The van der Waals surface area contributed by atoms with Gasteiger partial charge in [0, 0.05) is 25.1 Å². The summed E-state index contributed by atoms with van der Waals surface area (Å²) >= 11 is 0. The number of piperidine rings is 3. The number of carbonyl (C=O) groups is 1. The maximum absolute atomic E-state index is 12.5. The Kier molecular flexibility index (Phi) is 3.98. The molecule has 3 aliphatic rings. The predicted octanol–water partition coefficient (Wildman–Crippen LogP) is 2.60. The van der Waals surface area contributed by atoms with Gasteiger partial charge in [0.1, 0.15) is 11.9 Å². The van der Waals surface area contributed by atoms with E-state index in [9.17, 15) is 4.79 Å². The molecule has 6 nitrogen and oxygen atoms in total. The summed E-state index contributed by atoms with van der Waals surface area (Å²) in [6.07, 6.45) is 3.91. The van der Waals surface area contributed by atoms with Crippen LogP contribution in [-0.2, 0) is 0 Å². The molecule has 6 heteroatoms. The van der Waals surface area contributed by atoms with E-state index in [-0.39, 0.29) is 11.9 Å². The van der Waals surface area contributed by atoms with Gasteiger partial charge in [-0.05, 0) is 56.1 Å². The fraction of sp³-hybridized carbons (Fsp3) is 0.444. The topological polar surface area (TPSA) is 67.6 Å². The van der Waals surface area contributed by atoms with E-state index in [0.29, 0.717) is 29.1 Å². The van der Waals surface area contributed by atoms with Crippen LogP contribution in [0.15, 0.2) is 34.9 Å². The number of ether oxygens (including phenoxy) is 1. The van der Waals surface area contributed by atoms with E-state index in [1.807, 2.05) is 0 Å². The molecule has 0 radical (unpaired) electrons. The molecule has 1 amide bonds. The van der Waals surface area contributed by atoms with Crippen LogP contribution in [0.4, 0.5) is 0 Å². The zero-order valence-corrected chi connectivity index (χ0v) is 13.7. The molecule has 3 saturated heterocycles. The SMILES string of the molecule is Cc1ncc(Oc2ccc(C(=O)N[C@H]3CN4CCC3CC4)cc2)o1. The lowest BCUT2D eigenvalue weighted by atomic mass is 9.84. The first-order valence-electron chi connectivity index (χ1n) is 8.41. The molecule has 3 aliphatic heterocycles. The molecule has 3 fully saturated rings. The van der Waals surface area contributed by atoms with Crippen molar-refractivity contribution in [1.29, 1.82) is 0 Å². The smallest absolute Gasteiger partial charge is 0.310 e. The van der Waals surface area contributed by atoms with Gasteiger partial charge in [-0.25, -0.2) is 4.98 Å². The molecule has 1 N–H and O–H groups in total. The van der Waals surface area contributed by atoms with Crippen LogP contribution in [-0.4, -0.2) is 41.5 Å². The minimum Gasteiger partial charge on any atom is -0.425 e. The van der Waals surface area contributed by atoms with Crippen LogP contribution in [0.1, 0.15) is 29.1 Å². The highest BCUT2D eigenvalue weighted by Gasteiger charge is 2.34. The number of aryl methyl sites for hydroxylation is 1. The Balaban J connectivity index is 1.38. The highest BCUT2D eigenvalue weighted by atomic mass is 16.6. The number of carbonyl (C=O) groups excluding carboxylic acids is 1. The van der Waals surface area contributed by atoms with Crippen molar-refractivity contribution in [2.24, 2.45) is 5.92 Å². The van der Waals surface area contributed by atoms with Crippen molar-refractivity contribution in [2.75, 3.05) is 19.6 Å². The first-order chi connectivity index (χ1) is 11.7. The Morgan fingerprint density at radius 2 is 2.04 bits per heavy atom. The molecule has 24 heavy (non-hydrogen) atoms. The third-order valence-electron chi connectivity index (χ3n) is 4.91. The third kappa shape index (κ3) is 3.14. The maximum Gasteiger partial charge on any atom is 0.310 e. The zero-order valence-electron chi connectivity index (χ0n) is 13.7. The first kappa shape index (κ1) is 15.2. The number of benzene rings is 1. The molecule has 2 bridgehead atoms. The van der Waals surface area contributed by atoms with Gasteiger partial charge >= 0.3 is 5.95 Å². The van der Waals surface area contributed by atoms with Crippen LogP contribution in [0, 0.1) is 12.8 Å². The molecule has 5 rings (SSSR count). The molecule has 1 aromatic heterocycles. The summed E-state index contributed by atoms with van der Waals surface area (Å²) in [5, 5.41) is 3.19. The Hall–Kier alpha value is -2.34. The minimum absolute atomic E-state index is 0.0178. The normalized spacial score (nSPS) is 25.5. The zero-order chi connectivity index (χ0) is 16.5. The molecule has 0 spiro atoms. The molecule has 0 saturated carbocycles. The number of fused-ring (bicyclic) bond motifs is 3. The van der Waals surface area contributed by atoms with Gasteiger partial charge in [-0.1, -0.05) is 0 Å². The van der Waals surface area contributed by atoms with E-state index < -0.39 is 0 Å². The molecular formula is C18H21N3O3. The van der Waals surface area contributed by atoms with Crippen molar-refractivity contribution in [3.8, 4) is 11.7 Å². The Labute approximate surface area is 140 Å². The van der Waals surface area contributed by atoms with E-state index in [1.165, 1.54) is 32.1 Å². The second-order valence-corrected chi connectivity index (χ2v) is 6.54. The lowest BCUT2D eigenvalue weighted by Crippen LogP contribution is -2.57. The van der Waals surface area contributed by atoms with E-state index in [4.69, 9.17) is 9.15 Å². The van der Waals surface area contributed by atoms with E-state index >= 15 is 0 Å². The molecule has 4 heterocycles. The summed E-state index contributed by atoms with van der Waals surface area (Å²) in [4.78, 5) is 18.9. The number of oxazole rings is 1. The first-order valence-corrected chi connectivity index (χ1v) is 8.41. The van der Waals surface area contributed by atoms with E-state index in [1.54, 1.807) is 31.2 Å². The van der Waals surface area contributed by atoms with Crippen LogP contribution in [0.25, 0.3) is 0 Å². The summed E-state index contributed by atoms with van der Waals surface area (Å²) < 4.78 is 10.8. The summed E-state index contributed by atoms with van der Waals surface area (Å²) in [7, 11) is 0. The molecule has 126 valence electrons. The standard InChI is InChI=1S/C18H21N3O3/c1-12-19-10-17(23-12)24-15-4-2-14(3-5-15)18(22)20-16-11-21-8-6-13(16)7-9-21/h2-5,10,13,16H,6-9,11H2,1H3,(H,20,22)/t16-/m0/s1. The average molecular weight is 327 g/mol. The number of hydrogen-bond donors (Lipinski definition) is 1. The van der Waals surface area contributed by atoms with Gasteiger partial charge in [-0.3, -0.25) is 4.79 Å². The second-order valence-electron chi connectivity index (χ2n) is 6.54. The van der Waals surface area contributed by atoms with E-state index in [2.05, 4.69) is 15.2 Å². The number of hydrogen-bond acceptors (Lipinski definition) is 5. The monoisotopic (exact) mass is 327 g/mol. The van der Waals surface area contributed by atoms with E-state index in [0.717, 1.165) is 6.54 Å². The Morgan fingerprint density at radius 1 is 1.29 bits per heavy atom. The van der Waals surface area contributed by atoms with Crippen LogP contribution >= 0.6 is 0 Å². The van der Waals surface area contributed by atoms with Gasteiger partial charge in [-0.15, -0.1) is 0 Å². The van der Waals surface area contributed by atoms with Crippen molar-refractivity contribution in [1.82, 2.24) is 15.2 Å². The average Bonchev–Trinajstić information content (AvgIpc) is 3.01. The summed E-state index contributed by atoms with van der Waals surface area (Å²) in [5.74, 6) is 2.12. The lowest BCUT2D eigenvalue weighted by Gasteiger charge is -2.44. The predicted molar refractivity (Wildman–Crippen MR) is 88.2 cm³/mol. The fourth-order valence-corrected chi connectivity index (χ4v) is 3.56. The Morgan fingerprint density at radius 3 is 2.62 bits per heavy atom. The number of nitrogens with zero attached hydrogens (tertiary/aromatic N) is 2. The van der Waals surface area contributed by atoms with Gasteiger partial charge in [0.2, 0.25) is 0 Å². The second kappa shape index (κ2) is 6.28.